The molecule has 0 atom stereocenters. The molecule has 1 aromatic carbocycles. The molecule has 1 aromatic rings. The Bertz CT molecular complexity index is 312. The molecule has 0 N–H and O–H groups in total. The molecule has 0 spiro atoms. The van der Waals surface area contributed by atoms with Crippen molar-refractivity contribution in [2.24, 2.45) is 0 Å². The average molecular weight is 282 g/mol. The number of rotatable bonds is 3. The smallest absolute Gasteiger partial charge is 0.0233 e. The van der Waals surface area contributed by atoms with Crippen molar-refractivity contribution in [3.63, 3.8) is 0 Å². The van der Waals surface area contributed by atoms with Crippen LogP contribution in [0.2, 0.25) is 0 Å². The molecule has 1 heterocycles. The molecule has 0 aromatic heterocycles. The molecule has 1 aliphatic heterocycles. The molecule has 2 heteroatoms. The third kappa shape index (κ3) is 3.33. The number of likely N-dealkylation sites (tertiary alicyclic amines) is 1. The second-order valence-electron chi connectivity index (χ2n) is 4.62. The van der Waals surface area contributed by atoms with Gasteiger partial charge in [-0.2, -0.15) is 0 Å². The highest BCUT2D eigenvalue weighted by Crippen LogP contribution is 2.19. The first-order valence-electron chi connectivity index (χ1n) is 6.22. The van der Waals surface area contributed by atoms with Crippen molar-refractivity contribution < 1.29 is 0 Å². The molecule has 16 heavy (non-hydrogen) atoms. The number of piperidine rings is 1. The summed E-state index contributed by atoms with van der Waals surface area (Å²) in [6.07, 6.45) is 3.70. The summed E-state index contributed by atoms with van der Waals surface area (Å²) in [6.45, 7) is 5.77. The fourth-order valence-electron chi connectivity index (χ4n) is 2.20. The van der Waals surface area contributed by atoms with E-state index in [4.69, 9.17) is 0 Å². The van der Waals surface area contributed by atoms with E-state index in [1.54, 1.807) is 0 Å². The van der Waals surface area contributed by atoms with Gasteiger partial charge in [-0.05, 0) is 43.5 Å². The number of aryl methyl sites for hydroxylation is 1. The minimum atomic E-state index is 0.742. The van der Waals surface area contributed by atoms with E-state index < -0.39 is 0 Å². The van der Waals surface area contributed by atoms with Gasteiger partial charge in [-0.25, -0.2) is 0 Å². The van der Waals surface area contributed by atoms with Crippen molar-refractivity contribution >= 4 is 15.9 Å². The Morgan fingerprint density at radius 3 is 2.25 bits per heavy atom. The van der Waals surface area contributed by atoms with Crippen LogP contribution in [0, 0.1) is 0 Å². The average Bonchev–Trinajstić information content (AvgIpc) is 2.33. The largest absolute Gasteiger partial charge is 0.299 e. The minimum absolute atomic E-state index is 0.742. The van der Waals surface area contributed by atoms with Crippen molar-refractivity contribution in [2.75, 3.05) is 13.1 Å². The molecule has 0 aliphatic carbocycles. The minimum Gasteiger partial charge on any atom is -0.299 e. The molecule has 0 unspecified atom stereocenters. The van der Waals surface area contributed by atoms with Gasteiger partial charge in [0.05, 0.1) is 0 Å². The molecule has 1 nitrogen and oxygen atoms in total. The molecule has 0 amide bonds. The maximum atomic E-state index is 3.69. The SMILES string of the molecule is CCc1ccc(CN2CCC(Br)CC2)cc1. The lowest BCUT2D eigenvalue weighted by Gasteiger charge is -2.29. The monoisotopic (exact) mass is 281 g/mol. The van der Waals surface area contributed by atoms with Crippen LogP contribution in [0.15, 0.2) is 24.3 Å². The predicted molar refractivity (Wildman–Crippen MR) is 73.0 cm³/mol. The quantitative estimate of drug-likeness (QED) is 0.766. The third-order valence-electron chi connectivity index (χ3n) is 3.35. The summed E-state index contributed by atoms with van der Waals surface area (Å²) in [4.78, 5) is 3.30. The molecule has 2 rings (SSSR count). The van der Waals surface area contributed by atoms with E-state index in [-0.39, 0.29) is 0 Å². The standard InChI is InChI=1S/C14H20BrN/c1-2-12-3-5-13(6-4-12)11-16-9-7-14(15)8-10-16/h3-6,14H,2,7-11H2,1H3. The van der Waals surface area contributed by atoms with E-state index in [0.717, 1.165) is 17.8 Å². The zero-order valence-electron chi connectivity index (χ0n) is 9.95. The highest BCUT2D eigenvalue weighted by Gasteiger charge is 2.16. The highest BCUT2D eigenvalue weighted by atomic mass is 79.9. The van der Waals surface area contributed by atoms with E-state index in [1.165, 1.54) is 37.1 Å². The Balaban J connectivity index is 1.88. The van der Waals surface area contributed by atoms with Gasteiger partial charge in [0.15, 0.2) is 0 Å². The topological polar surface area (TPSA) is 3.24 Å². The first-order chi connectivity index (χ1) is 7.78. The van der Waals surface area contributed by atoms with Crippen LogP contribution in [0.1, 0.15) is 30.9 Å². The molecule has 0 saturated carbocycles. The van der Waals surface area contributed by atoms with E-state index >= 15 is 0 Å². The number of hydrogen-bond donors (Lipinski definition) is 0. The van der Waals surface area contributed by atoms with Gasteiger partial charge >= 0.3 is 0 Å². The summed E-state index contributed by atoms with van der Waals surface area (Å²) in [5.41, 5.74) is 2.88. The number of hydrogen-bond acceptors (Lipinski definition) is 1. The molecule has 1 aliphatic rings. The van der Waals surface area contributed by atoms with Crippen LogP contribution in [-0.4, -0.2) is 22.8 Å². The van der Waals surface area contributed by atoms with Crippen molar-refractivity contribution in [3.8, 4) is 0 Å². The van der Waals surface area contributed by atoms with E-state index in [1.807, 2.05) is 0 Å². The van der Waals surface area contributed by atoms with Gasteiger partial charge in [-0.3, -0.25) is 4.90 Å². The molecule has 88 valence electrons. The highest BCUT2D eigenvalue weighted by molar-refractivity contribution is 9.09. The molecule has 1 saturated heterocycles. The lowest BCUT2D eigenvalue weighted by atomic mass is 10.1. The van der Waals surface area contributed by atoms with Crippen LogP contribution in [0.25, 0.3) is 0 Å². The fraction of sp³-hybridized carbons (Fsp3) is 0.571. The van der Waals surface area contributed by atoms with Crippen LogP contribution in [0.3, 0.4) is 0 Å². The van der Waals surface area contributed by atoms with Crippen LogP contribution in [-0.2, 0) is 13.0 Å². The molecule has 0 bridgehead atoms. The lowest BCUT2D eigenvalue weighted by molar-refractivity contribution is 0.226. The van der Waals surface area contributed by atoms with Gasteiger partial charge in [0.25, 0.3) is 0 Å². The number of halogens is 1. The van der Waals surface area contributed by atoms with Gasteiger partial charge in [-0.15, -0.1) is 0 Å². The van der Waals surface area contributed by atoms with E-state index in [0.29, 0.717) is 0 Å². The number of alkyl halides is 1. The van der Waals surface area contributed by atoms with Gasteiger partial charge in [-0.1, -0.05) is 47.1 Å². The van der Waals surface area contributed by atoms with Gasteiger partial charge in [0.1, 0.15) is 0 Å². The van der Waals surface area contributed by atoms with Crippen LogP contribution in [0.4, 0.5) is 0 Å². The van der Waals surface area contributed by atoms with Crippen molar-refractivity contribution in [1.29, 1.82) is 0 Å². The normalized spacial score (nSPS) is 18.9. The second-order valence-corrected chi connectivity index (χ2v) is 5.92. The summed E-state index contributed by atoms with van der Waals surface area (Å²) in [5, 5.41) is 0. The van der Waals surface area contributed by atoms with Gasteiger partial charge in [0, 0.05) is 11.4 Å². The molecular formula is C14H20BrN. The van der Waals surface area contributed by atoms with Gasteiger partial charge < -0.3 is 0 Å². The Hall–Kier alpha value is -0.340. The first kappa shape index (κ1) is 12.1. The Morgan fingerprint density at radius 2 is 1.69 bits per heavy atom. The maximum Gasteiger partial charge on any atom is 0.0233 e. The Morgan fingerprint density at radius 1 is 1.12 bits per heavy atom. The zero-order valence-corrected chi connectivity index (χ0v) is 11.5. The third-order valence-corrected chi connectivity index (χ3v) is 4.27. The molecule has 0 radical (unpaired) electrons. The predicted octanol–water partition coefficient (Wildman–Crippen LogP) is 3.61. The van der Waals surface area contributed by atoms with Crippen LogP contribution in [0.5, 0.6) is 0 Å². The van der Waals surface area contributed by atoms with Gasteiger partial charge in [0.2, 0.25) is 0 Å². The molecular weight excluding hydrogens is 262 g/mol. The number of benzene rings is 1. The summed E-state index contributed by atoms with van der Waals surface area (Å²) in [5.74, 6) is 0. The molecule has 1 fully saturated rings. The van der Waals surface area contributed by atoms with E-state index in [2.05, 4.69) is 52.0 Å². The second kappa shape index (κ2) is 5.83. The van der Waals surface area contributed by atoms with Crippen LogP contribution < -0.4 is 0 Å². The van der Waals surface area contributed by atoms with Crippen molar-refractivity contribution in [2.45, 2.75) is 37.6 Å². The lowest BCUT2D eigenvalue weighted by Crippen LogP contribution is -2.33. The zero-order chi connectivity index (χ0) is 11.4. The first-order valence-corrected chi connectivity index (χ1v) is 7.13. The van der Waals surface area contributed by atoms with Crippen LogP contribution >= 0.6 is 15.9 Å². The summed E-state index contributed by atoms with van der Waals surface area (Å²) in [7, 11) is 0. The fourth-order valence-corrected chi connectivity index (χ4v) is 2.61. The maximum absolute atomic E-state index is 3.69. The van der Waals surface area contributed by atoms with Crippen molar-refractivity contribution in [3.05, 3.63) is 35.4 Å². The summed E-state index contributed by atoms with van der Waals surface area (Å²) < 4.78 is 0. The summed E-state index contributed by atoms with van der Waals surface area (Å²) in [6, 6.07) is 9.07. The Kier molecular flexibility index (Phi) is 4.42. The van der Waals surface area contributed by atoms with Crippen molar-refractivity contribution in [1.82, 2.24) is 4.90 Å². The number of nitrogens with zero attached hydrogens (tertiary/aromatic N) is 1. The summed E-state index contributed by atoms with van der Waals surface area (Å²) >= 11 is 3.69. The Labute approximate surface area is 107 Å². The van der Waals surface area contributed by atoms with E-state index in [9.17, 15) is 0 Å².